The summed E-state index contributed by atoms with van der Waals surface area (Å²) in [5.74, 6) is -7.86. The fourth-order valence-electron chi connectivity index (χ4n) is 4.07. The van der Waals surface area contributed by atoms with Crippen LogP contribution in [0.4, 0.5) is 0 Å². The molecule has 17 heteroatoms. The lowest BCUT2D eigenvalue weighted by atomic mass is 10.0. The van der Waals surface area contributed by atoms with E-state index in [1.165, 1.54) is 0 Å². The molecule has 0 bridgehead atoms. The third-order valence-electron chi connectivity index (χ3n) is 6.21. The number of carboxylic acid groups (broad SMARTS) is 3. The average Bonchev–Trinajstić information content (AvgIpc) is 3.39. The Morgan fingerprint density at radius 2 is 1.40 bits per heavy atom. The summed E-state index contributed by atoms with van der Waals surface area (Å²) in [5, 5.41) is 43.8. The van der Waals surface area contributed by atoms with Crippen LogP contribution in [0.1, 0.15) is 51.4 Å². The van der Waals surface area contributed by atoms with Gasteiger partial charge in [-0.1, -0.05) is 0 Å². The topological polar surface area (TPSA) is 292 Å². The van der Waals surface area contributed by atoms with E-state index in [-0.39, 0.29) is 19.4 Å². The fraction of sp³-hybridized carbons (Fsp3) is 0.696. The van der Waals surface area contributed by atoms with Crippen molar-refractivity contribution in [2.45, 2.75) is 81.6 Å². The van der Waals surface area contributed by atoms with Gasteiger partial charge in [-0.25, -0.2) is 4.79 Å². The number of carboxylic acids is 3. The van der Waals surface area contributed by atoms with Gasteiger partial charge < -0.3 is 52.7 Å². The predicted octanol–water partition coefficient (Wildman–Crippen LogP) is -3.70. The maximum Gasteiger partial charge on any atom is 0.326 e. The van der Waals surface area contributed by atoms with Gasteiger partial charge in [-0.3, -0.25) is 28.8 Å². The van der Waals surface area contributed by atoms with E-state index in [2.05, 4.69) is 16.0 Å². The van der Waals surface area contributed by atoms with Crippen molar-refractivity contribution < 1.29 is 54.0 Å². The zero-order valence-corrected chi connectivity index (χ0v) is 21.9. The van der Waals surface area contributed by atoms with Gasteiger partial charge >= 0.3 is 17.9 Å². The highest BCUT2D eigenvalue weighted by Crippen LogP contribution is 2.19. The van der Waals surface area contributed by atoms with Gasteiger partial charge in [0.1, 0.15) is 30.2 Å². The van der Waals surface area contributed by atoms with Crippen molar-refractivity contribution in [3.8, 4) is 0 Å². The summed E-state index contributed by atoms with van der Waals surface area (Å²) < 4.78 is 0. The Labute approximate surface area is 229 Å². The van der Waals surface area contributed by atoms with Gasteiger partial charge in [0.05, 0.1) is 13.0 Å². The molecule has 0 aromatic carbocycles. The number of hydrogen-bond donors (Lipinski definition) is 9. The molecule has 0 radical (unpaired) electrons. The highest BCUT2D eigenvalue weighted by atomic mass is 16.4. The second-order valence-electron chi connectivity index (χ2n) is 9.32. The molecule has 226 valence electrons. The molecular formula is C23H38N6O11. The van der Waals surface area contributed by atoms with Gasteiger partial charge in [-0.05, 0) is 45.1 Å². The Morgan fingerprint density at radius 3 is 1.93 bits per heavy atom. The molecule has 1 aliphatic rings. The second kappa shape index (κ2) is 17.0. The second-order valence-corrected chi connectivity index (χ2v) is 9.32. The maximum absolute atomic E-state index is 13.1. The molecule has 17 nitrogen and oxygen atoms in total. The van der Waals surface area contributed by atoms with Gasteiger partial charge in [0.15, 0.2) is 0 Å². The number of nitrogens with one attached hydrogen (secondary N) is 3. The molecule has 4 amide bonds. The first-order valence-corrected chi connectivity index (χ1v) is 12.8. The smallest absolute Gasteiger partial charge is 0.326 e. The van der Waals surface area contributed by atoms with Crippen LogP contribution in [0.2, 0.25) is 0 Å². The number of aliphatic hydroxyl groups excluding tert-OH is 1. The minimum Gasteiger partial charge on any atom is -0.481 e. The van der Waals surface area contributed by atoms with Crippen molar-refractivity contribution in [2.24, 2.45) is 11.5 Å². The summed E-state index contributed by atoms with van der Waals surface area (Å²) in [6.45, 7) is -0.382. The minimum absolute atomic E-state index is 0.0289. The molecule has 0 aromatic rings. The molecule has 1 saturated heterocycles. The number of nitrogens with two attached hydrogens (primary N) is 2. The first-order chi connectivity index (χ1) is 18.8. The monoisotopic (exact) mass is 574 g/mol. The molecule has 0 spiro atoms. The van der Waals surface area contributed by atoms with Crippen molar-refractivity contribution in [1.29, 1.82) is 0 Å². The molecule has 5 atom stereocenters. The molecule has 0 aliphatic carbocycles. The lowest BCUT2D eigenvalue weighted by molar-refractivity contribution is -0.150. The van der Waals surface area contributed by atoms with E-state index in [4.69, 9.17) is 21.7 Å². The summed E-state index contributed by atoms with van der Waals surface area (Å²) in [5.41, 5.74) is 11.0. The van der Waals surface area contributed by atoms with Gasteiger partial charge in [0, 0.05) is 13.0 Å². The fourth-order valence-corrected chi connectivity index (χ4v) is 4.07. The van der Waals surface area contributed by atoms with Crippen LogP contribution in [-0.2, 0) is 33.6 Å². The zero-order chi connectivity index (χ0) is 30.4. The first kappa shape index (κ1) is 34.2. The van der Waals surface area contributed by atoms with E-state index >= 15 is 0 Å². The van der Waals surface area contributed by atoms with Crippen LogP contribution in [-0.4, -0.2) is 117 Å². The summed E-state index contributed by atoms with van der Waals surface area (Å²) in [4.78, 5) is 86.4. The molecule has 40 heavy (non-hydrogen) atoms. The summed E-state index contributed by atoms with van der Waals surface area (Å²) in [7, 11) is 0. The molecule has 1 fully saturated rings. The first-order valence-electron chi connectivity index (χ1n) is 12.8. The van der Waals surface area contributed by atoms with E-state index in [9.17, 15) is 43.8 Å². The Kier molecular flexibility index (Phi) is 14.5. The van der Waals surface area contributed by atoms with Crippen LogP contribution in [0.15, 0.2) is 0 Å². The largest absolute Gasteiger partial charge is 0.481 e. The molecular weight excluding hydrogens is 536 g/mol. The van der Waals surface area contributed by atoms with Crippen molar-refractivity contribution in [1.82, 2.24) is 20.9 Å². The number of hydrogen-bond acceptors (Lipinski definition) is 10. The minimum atomic E-state index is -1.70. The van der Waals surface area contributed by atoms with Crippen molar-refractivity contribution in [3.63, 3.8) is 0 Å². The van der Waals surface area contributed by atoms with E-state index in [1.54, 1.807) is 0 Å². The molecule has 1 heterocycles. The number of carbonyl (C=O) groups excluding carboxylic acids is 4. The van der Waals surface area contributed by atoms with E-state index in [1.807, 2.05) is 0 Å². The van der Waals surface area contributed by atoms with Gasteiger partial charge in [0.25, 0.3) is 0 Å². The Morgan fingerprint density at radius 1 is 0.825 bits per heavy atom. The third-order valence-corrected chi connectivity index (χ3v) is 6.21. The number of nitrogens with zero attached hydrogens (tertiary/aromatic N) is 1. The molecule has 0 saturated carbocycles. The third kappa shape index (κ3) is 11.1. The molecule has 1 rings (SSSR count). The van der Waals surface area contributed by atoms with Gasteiger partial charge in [-0.2, -0.15) is 0 Å². The number of likely N-dealkylation sites (tertiary alicyclic amines) is 1. The Balaban J connectivity index is 3.15. The molecule has 0 aromatic heterocycles. The standard InChI is InChI=1S/C23H38N6O11/c24-8-2-1-4-13(26-19(35)12(25)11-30)20(36)27-14(6-7-17(31)32)21(37)28-15(10-18(33)34)22(38)29-9-3-5-16(29)23(39)40/h12-16,30H,1-11,24-25H2,(H,26,35)(H,27,36)(H,28,37)(H,31,32)(H,33,34)(H,39,40)/t12-,13-,14-,15-,16-/m0/s1. The predicted molar refractivity (Wildman–Crippen MR) is 135 cm³/mol. The SMILES string of the molecule is NCCCC[C@H](NC(=O)[C@@H](N)CO)C(=O)N[C@@H](CCC(=O)O)C(=O)N[C@@H](CC(=O)O)C(=O)N1CCC[C@H]1C(=O)O. The maximum atomic E-state index is 13.1. The number of amides is 4. The molecule has 11 N–H and O–H groups in total. The number of rotatable bonds is 18. The highest BCUT2D eigenvalue weighted by Gasteiger charge is 2.39. The lowest BCUT2D eigenvalue weighted by Gasteiger charge is -2.28. The van der Waals surface area contributed by atoms with Gasteiger partial charge in [0.2, 0.25) is 23.6 Å². The van der Waals surface area contributed by atoms with Crippen LogP contribution in [0, 0.1) is 0 Å². The van der Waals surface area contributed by atoms with Crippen molar-refractivity contribution >= 4 is 41.5 Å². The van der Waals surface area contributed by atoms with Crippen LogP contribution in [0.5, 0.6) is 0 Å². The van der Waals surface area contributed by atoms with E-state index in [0.717, 1.165) is 4.90 Å². The summed E-state index contributed by atoms with van der Waals surface area (Å²) >= 11 is 0. The number of carbonyl (C=O) groups is 7. The lowest BCUT2D eigenvalue weighted by Crippen LogP contribution is -2.59. The summed E-state index contributed by atoms with van der Waals surface area (Å²) in [6.07, 6.45) is -0.527. The highest BCUT2D eigenvalue weighted by molar-refractivity contribution is 5.96. The van der Waals surface area contributed by atoms with Gasteiger partial charge in [-0.15, -0.1) is 0 Å². The number of unbranched alkanes of at least 4 members (excludes halogenated alkanes) is 1. The van der Waals surface area contributed by atoms with Crippen molar-refractivity contribution in [3.05, 3.63) is 0 Å². The van der Waals surface area contributed by atoms with Crippen LogP contribution in [0.25, 0.3) is 0 Å². The normalized spacial score (nSPS) is 17.7. The zero-order valence-electron chi connectivity index (χ0n) is 21.9. The quantitative estimate of drug-likeness (QED) is 0.0713. The molecule has 1 aliphatic heterocycles. The Bertz CT molecular complexity index is 946. The number of aliphatic hydroxyl groups is 1. The average molecular weight is 575 g/mol. The van der Waals surface area contributed by atoms with Crippen LogP contribution in [0.3, 0.4) is 0 Å². The Hall–Kier alpha value is -3.83. The van der Waals surface area contributed by atoms with Crippen molar-refractivity contribution in [2.75, 3.05) is 19.7 Å². The van der Waals surface area contributed by atoms with E-state index in [0.29, 0.717) is 25.8 Å². The van der Waals surface area contributed by atoms with E-state index < -0.39 is 97.6 Å². The number of aliphatic carboxylic acids is 3. The van der Waals surface area contributed by atoms with Crippen LogP contribution >= 0.6 is 0 Å². The van der Waals surface area contributed by atoms with Crippen LogP contribution < -0.4 is 27.4 Å². The molecule has 0 unspecified atom stereocenters. The summed E-state index contributed by atoms with van der Waals surface area (Å²) in [6, 6.07) is -7.04.